The van der Waals surface area contributed by atoms with E-state index in [2.05, 4.69) is 0 Å². The number of hydrogen-bond acceptors (Lipinski definition) is 4. The van der Waals surface area contributed by atoms with Crippen LogP contribution >= 0.6 is 0 Å². The van der Waals surface area contributed by atoms with Crippen LogP contribution in [0.5, 0.6) is 0 Å². The highest BCUT2D eigenvalue weighted by Gasteiger charge is 2.31. The van der Waals surface area contributed by atoms with Gasteiger partial charge >= 0.3 is 0 Å². The SMILES string of the molecule is Cc1ccc(S(=O)(=O)N2Cc3ccc([N+](=O)[O-])cc3C2)cc1. The van der Waals surface area contributed by atoms with Crippen LogP contribution in [-0.2, 0) is 23.1 Å². The van der Waals surface area contributed by atoms with Crippen LogP contribution in [0.3, 0.4) is 0 Å². The van der Waals surface area contributed by atoms with E-state index < -0.39 is 14.9 Å². The van der Waals surface area contributed by atoms with Crippen LogP contribution in [0.1, 0.15) is 16.7 Å². The first-order chi connectivity index (χ1) is 10.4. The molecule has 1 heterocycles. The molecule has 2 aromatic carbocycles. The first-order valence-electron chi connectivity index (χ1n) is 6.71. The zero-order valence-electron chi connectivity index (χ0n) is 11.9. The zero-order chi connectivity index (χ0) is 15.9. The highest BCUT2D eigenvalue weighted by atomic mass is 32.2. The Kier molecular flexibility index (Phi) is 3.46. The van der Waals surface area contributed by atoms with Crippen LogP contribution in [0.2, 0.25) is 0 Å². The van der Waals surface area contributed by atoms with Gasteiger partial charge in [0.1, 0.15) is 0 Å². The molecule has 114 valence electrons. The Morgan fingerprint density at radius 1 is 1.05 bits per heavy atom. The quantitative estimate of drug-likeness (QED) is 0.643. The summed E-state index contributed by atoms with van der Waals surface area (Å²) in [6.45, 7) is 2.29. The first-order valence-corrected chi connectivity index (χ1v) is 8.15. The fraction of sp³-hybridized carbons (Fsp3) is 0.200. The average molecular weight is 318 g/mol. The van der Waals surface area contributed by atoms with Gasteiger partial charge in [-0.05, 0) is 30.2 Å². The molecule has 0 aliphatic carbocycles. The van der Waals surface area contributed by atoms with E-state index in [-0.39, 0.29) is 23.7 Å². The molecule has 0 spiro atoms. The Morgan fingerprint density at radius 2 is 1.68 bits per heavy atom. The van der Waals surface area contributed by atoms with Gasteiger partial charge in [-0.1, -0.05) is 23.8 Å². The lowest BCUT2D eigenvalue weighted by Gasteiger charge is -2.15. The smallest absolute Gasteiger partial charge is 0.258 e. The number of nitro benzene ring substituents is 1. The van der Waals surface area contributed by atoms with Crippen molar-refractivity contribution in [3.8, 4) is 0 Å². The molecule has 0 atom stereocenters. The maximum atomic E-state index is 12.6. The fourth-order valence-electron chi connectivity index (χ4n) is 2.49. The Hall–Kier alpha value is -2.25. The minimum Gasteiger partial charge on any atom is -0.258 e. The molecule has 0 saturated carbocycles. The number of nitrogens with zero attached hydrogens (tertiary/aromatic N) is 2. The molecule has 22 heavy (non-hydrogen) atoms. The molecule has 0 saturated heterocycles. The predicted octanol–water partition coefficient (Wildman–Crippen LogP) is 2.61. The molecular formula is C15H14N2O4S. The van der Waals surface area contributed by atoms with Crippen molar-refractivity contribution >= 4 is 15.7 Å². The molecule has 1 aliphatic heterocycles. The second-order valence-electron chi connectivity index (χ2n) is 5.30. The van der Waals surface area contributed by atoms with Gasteiger partial charge in [0, 0.05) is 25.2 Å². The van der Waals surface area contributed by atoms with Crippen LogP contribution in [-0.4, -0.2) is 17.6 Å². The fourth-order valence-corrected chi connectivity index (χ4v) is 3.89. The van der Waals surface area contributed by atoms with Crippen molar-refractivity contribution in [2.45, 2.75) is 24.9 Å². The topological polar surface area (TPSA) is 80.5 Å². The zero-order valence-corrected chi connectivity index (χ0v) is 12.7. The number of sulfonamides is 1. The molecule has 2 aromatic rings. The van der Waals surface area contributed by atoms with Crippen molar-refractivity contribution in [3.63, 3.8) is 0 Å². The highest BCUT2D eigenvalue weighted by molar-refractivity contribution is 7.89. The molecule has 1 aliphatic rings. The summed E-state index contributed by atoms with van der Waals surface area (Å²) in [5.74, 6) is 0. The molecule has 3 rings (SSSR count). The number of rotatable bonds is 3. The van der Waals surface area contributed by atoms with E-state index in [1.807, 2.05) is 6.92 Å². The van der Waals surface area contributed by atoms with Gasteiger partial charge in [-0.25, -0.2) is 8.42 Å². The van der Waals surface area contributed by atoms with Crippen LogP contribution in [0.25, 0.3) is 0 Å². The van der Waals surface area contributed by atoms with Gasteiger partial charge < -0.3 is 0 Å². The average Bonchev–Trinajstić information content (AvgIpc) is 2.91. The van der Waals surface area contributed by atoms with Gasteiger partial charge in [0.15, 0.2) is 0 Å². The third-order valence-corrected chi connectivity index (χ3v) is 5.56. The summed E-state index contributed by atoms with van der Waals surface area (Å²) in [5, 5.41) is 10.8. The van der Waals surface area contributed by atoms with Crippen molar-refractivity contribution in [2.75, 3.05) is 0 Å². The third-order valence-electron chi connectivity index (χ3n) is 3.75. The molecule has 0 radical (unpaired) electrons. The standard InChI is InChI=1S/C15H14N2O4S/c1-11-2-6-15(7-3-11)22(20,21)16-9-12-4-5-14(17(18)19)8-13(12)10-16/h2-8H,9-10H2,1H3. The lowest BCUT2D eigenvalue weighted by Crippen LogP contribution is -2.25. The van der Waals surface area contributed by atoms with E-state index in [1.165, 1.54) is 16.4 Å². The normalized spacial score (nSPS) is 14.8. The maximum Gasteiger partial charge on any atom is 0.269 e. The Bertz CT molecular complexity index is 844. The number of fused-ring (bicyclic) bond motifs is 1. The number of benzene rings is 2. The van der Waals surface area contributed by atoms with Gasteiger partial charge in [-0.3, -0.25) is 10.1 Å². The lowest BCUT2D eigenvalue weighted by molar-refractivity contribution is -0.384. The maximum absolute atomic E-state index is 12.6. The van der Waals surface area contributed by atoms with E-state index >= 15 is 0 Å². The van der Waals surface area contributed by atoms with Crippen molar-refractivity contribution in [2.24, 2.45) is 0 Å². The van der Waals surface area contributed by atoms with Gasteiger partial charge in [0.2, 0.25) is 10.0 Å². The van der Waals surface area contributed by atoms with E-state index in [0.29, 0.717) is 5.56 Å². The van der Waals surface area contributed by atoms with Gasteiger partial charge in [-0.2, -0.15) is 4.31 Å². The summed E-state index contributed by atoms with van der Waals surface area (Å²) >= 11 is 0. The van der Waals surface area contributed by atoms with Crippen LogP contribution < -0.4 is 0 Å². The molecule has 6 nitrogen and oxygen atoms in total. The summed E-state index contributed by atoms with van der Waals surface area (Å²) in [6, 6.07) is 11.1. The molecule has 0 unspecified atom stereocenters. The second kappa shape index (κ2) is 5.19. The number of non-ortho nitro benzene ring substituents is 1. The van der Waals surface area contributed by atoms with Gasteiger partial charge in [0.25, 0.3) is 5.69 Å². The summed E-state index contributed by atoms with van der Waals surface area (Å²) in [6.07, 6.45) is 0. The molecule has 0 fully saturated rings. The predicted molar refractivity (Wildman–Crippen MR) is 80.7 cm³/mol. The van der Waals surface area contributed by atoms with Crippen molar-refractivity contribution < 1.29 is 13.3 Å². The monoisotopic (exact) mass is 318 g/mol. The van der Waals surface area contributed by atoms with Crippen molar-refractivity contribution in [1.82, 2.24) is 4.31 Å². The number of nitro groups is 1. The highest BCUT2D eigenvalue weighted by Crippen LogP contribution is 2.30. The second-order valence-corrected chi connectivity index (χ2v) is 7.23. The largest absolute Gasteiger partial charge is 0.269 e. The molecule has 0 aromatic heterocycles. The molecule has 0 bridgehead atoms. The number of aryl methyl sites for hydroxylation is 1. The van der Waals surface area contributed by atoms with Gasteiger partial charge in [0.05, 0.1) is 9.82 Å². The Balaban J connectivity index is 1.92. The van der Waals surface area contributed by atoms with E-state index in [1.54, 1.807) is 30.3 Å². The molecular weight excluding hydrogens is 304 g/mol. The van der Waals surface area contributed by atoms with Gasteiger partial charge in [-0.15, -0.1) is 0 Å². The lowest BCUT2D eigenvalue weighted by atomic mass is 10.1. The first kappa shape index (κ1) is 14.7. The van der Waals surface area contributed by atoms with Crippen LogP contribution in [0, 0.1) is 17.0 Å². The molecule has 0 amide bonds. The summed E-state index contributed by atoms with van der Waals surface area (Å²) in [7, 11) is -3.59. The number of hydrogen-bond donors (Lipinski definition) is 0. The summed E-state index contributed by atoms with van der Waals surface area (Å²) in [5.41, 5.74) is 2.46. The summed E-state index contributed by atoms with van der Waals surface area (Å²) < 4.78 is 26.6. The van der Waals surface area contributed by atoms with Crippen LogP contribution in [0.15, 0.2) is 47.4 Å². The minimum absolute atomic E-state index is 0.0201. The Morgan fingerprint density at radius 3 is 2.32 bits per heavy atom. The van der Waals surface area contributed by atoms with Crippen LogP contribution in [0.4, 0.5) is 5.69 Å². The molecule has 0 N–H and O–H groups in total. The third kappa shape index (κ3) is 2.49. The van der Waals surface area contributed by atoms with E-state index in [9.17, 15) is 18.5 Å². The molecule has 7 heteroatoms. The van der Waals surface area contributed by atoms with Crippen molar-refractivity contribution in [3.05, 3.63) is 69.3 Å². The van der Waals surface area contributed by atoms with E-state index in [4.69, 9.17) is 0 Å². The summed E-state index contributed by atoms with van der Waals surface area (Å²) in [4.78, 5) is 10.6. The van der Waals surface area contributed by atoms with E-state index in [0.717, 1.165) is 11.1 Å². The van der Waals surface area contributed by atoms with Crippen molar-refractivity contribution in [1.29, 1.82) is 0 Å². The minimum atomic E-state index is -3.59. The Labute approximate surface area is 128 Å².